The summed E-state index contributed by atoms with van der Waals surface area (Å²) < 4.78 is 1.79. The van der Waals surface area contributed by atoms with E-state index in [1.807, 2.05) is 44.2 Å². The quantitative estimate of drug-likeness (QED) is 0.389. The first-order valence-electron chi connectivity index (χ1n) is 12.5. The Kier molecular flexibility index (Phi) is 4.45. The van der Waals surface area contributed by atoms with Gasteiger partial charge in [0.2, 0.25) is 0 Å². The standard InChI is InChI=1S/C29H28N6O/c1-17-18(2)34-35-26(17)31-14-23-27(35)33-25(24(32-23)19-6-4-3-5-7-19)20-8-10-21(11-9-20)28(30)15-29(36,16-28)22-12-13-22/h3-11,14,22,36H,12-13,15-16,30H2,1-2H3. The highest BCUT2D eigenvalue weighted by Gasteiger charge is 2.58. The van der Waals surface area contributed by atoms with Crippen LogP contribution in [-0.4, -0.2) is 35.3 Å². The minimum Gasteiger partial charge on any atom is -0.389 e. The van der Waals surface area contributed by atoms with Crippen molar-refractivity contribution in [3.63, 3.8) is 0 Å². The second kappa shape index (κ2) is 7.41. The van der Waals surface area contributed by atoms with Gasteiger partial charge in [0, 0.05) is 22.2 Å². The maximum atomic E-state index is 10.8. The van der Waals surface area contributed by atoms with Crippen LogP contribution in [0.25, 0.3) is 39.3 Å². The van der Waals surface area contributed by atoms with E-state index in [0.717, 1.165) is 57.8 Å². The molecule has 0 spiro atoms. The minimum atomic E-state index is -0.586. The number of nitrogens with two attached hydrogens (primary N) is 1. The summed E-state index contributed by atoms with van der Waals surface area (Å²) in [7, 11) is 0. The lowest BCUT2D eigenvalue weighted by Gasteiger charge is -2.52. The fourth-order valence-corrected chi connectivity index (χ4v) is 5.81. The summed E-state index contributed by atoms with van der Waals surface area (Å²) in [6.07, 6.45) is 5.26. The van der Waals surface area contributed by atoms with E-state index in [-0.39, 0.29) is 0 Å². The molecule has 3 aromatic heterocycles. The van der Waals surface area contributed by atoms with E-state index in [0.29, 0.717) is 29.9 Å². The Morgan fingerprint density at radius 1 is 0.889 bits per heavy atom. The highest BCUT2D eigenvalue weighted by Crippen LogP contribution is 2.57. The number of aryl methyl sites for hydroxylation is 2. The van der Waals surface area contributed by atoms with Crippen LogP contribution in [0, 0.1) is 19.8 Å². The van der Waals surface area contributed by atoms with Gasteiger partial charge in [0.05, 0.1) is 28.9 Å². The predicted molar refractivity (Wildman–Crippen MR) is 139 cm³/mol. The zero-order chi connectivity index (χ0) is 24.7. The van der Waals surface area contributed by atoms with E-state index in [1.165, 1.54) is 0 Å². The third kappa shape index (κ3) is 3.20. The zero-order valence-electron chi connectivity index (χ0n) is 20.4. The van der Waals surface area contributed by atoms with E-state index >= 15 is 0 Å². The largest absolute Gasteiger partial charge is 0.389 e. The Balaban J connectivity index is 1.36. The third-order valence-electron chi connectivity index (χ3n) is 8.10. The van der Waals surface area contributed by atoms with Crippen LogP contribution in [0.3, 0.4) is 0 Å². The second-order valence-electron chi connectivity index (χ2n) is 10.7. The van der Waals surface area contributed by atoms with Gasteiger partial charge in [-0.2, -0.15) is 9.61 Å². The van der Waals surface area contributed by atoms with Crippen molar-refractivity contribution >= 4 is 16.8 Å². The molecule has 7 rings (SSSR count). The Bertz CT molecular complexity index is 1630. The number of aliphatic hydroxyl groups is 1. The maximum Gasteiger partial charge on any atom is 0.184 e. The monoisotopic (exact) mass is 476 g/mol. The number of rotatable bonds is 4. The lowest BCUT2D eigenvalue weighted by atomic mass is 9.60. The molecular formula is C29H28N6O. The van der Waals surface area contributed by atoms with E-state index in [2.05, 4.69) is 34.3 Å². The summed E-state index contributed by atoms with van der Waals surface area (Å²) in [6.45, 7) is 4.00. The van der Waals surface area contributed by atoms with Gasteiger partial charge in [0.15, 0.2) is 11.3 Å². The van der Waals surface area contributed by atoms with Gasteiger partial charge >= 0.3 is 0 Å². The molecule has 0 saturated heterocycles. The summed E-state index contributed by atoms with van der Waals surface area (Å²) in [5, 5.41) is 15.5. The van der Waals surface area contributed by atoms with Crippen molar-refractivity contribution in [2.75, 3.05) is 0 Å². The highest BCUT2D eigenvalue weighted by atomic mass is 16.3. The van der Waals surface area contributed by atoms with Gasteiger partial charge in [-0.3, -0.25) is 0 Å². The Hall–Kier alpha value is -3.68. The third-order valence-corrected chi connectivity index (χ3v) is 8.10. The van der Waals surface area contributed by atoms with Crippen LogP contribution < -0.4 is 5.73 Å². The lowest BCUT2D eigenvalue weighted by molar-refractivity contribution is -0.106. The van der Waals surface area contributed by atoms with E-state index in [1.54, 1.807) is 10.7 Å². The summed E-state index contributed by atoms with van der Waals surface area (Å²) in [5.74, 6) is 0.427. The van der Waals surface area contributed by atoms with Crippen LogP contribution in [0.15, 0.2) is 60.8 Å². The molecule has 3 heterocycles. The molecule has 3 N–H and O–H groups in total. The van der Waals surface area contributed by atoms with Gasteiger partial charge < -0.3 is 10.8 Å². The second-order valence-corrected chi connectivity index (χ2v) is 10.7. The maximum absolute atomic E-state index is 10.8. The average Bonchev–Trinajstić information content (AvgIpc) is 3.70. The van der Waals surface area contributed by atoms with Crippen LogP contribution in [0.2, 0.25) is 0 Å². The van der Waals surface area contributed by atoms with Gasteiger partial charge in [-0.1, -0.05) is 54.6 Å². The Morgan fingerprint density at radius 3 is 2.25 bits per heavy atom. The topological polar surface area (TPSA) is 102 Å². The molecule has 2 aliphatic carbocycles. The number of hydrogen-bond donors (Lipinski definition) is 2. The summed E-state index contributed by atoms with van der Waals surface area (Å²) in [5.41, 5.74) is 14.4. The molecule has 0 bridgehead atoms. The molecule has 0 aliphatic heterocycles. The van der Waals surface area contributed by atoms with Crippen molar-refractivity contribution in [3.05, 3.63) is 77.6 Å². The van der Waals surface area contributed by atoms with Gasteiger partial charge in [-0.15, -0.1) is 0 Å². The molecule has 2 saturated carbocycles. The highest BCUT2D eigenvalue weighted by molar-refractivity contribution is 5.85. The molecule has 0 unspecified atom stereocenters. The number of aromatic nitrogens is 5. The molecule has 0 radical (unpaired) electrons. The van der Waals surface area contributed by atoms with Crippen molar-refractivity contribution in [1.82, 2.24) is 24.6 Å². The molecule has 7 heteroatoms. The number of fused-ring (bicyclic) bond motifs is 3. The first-order chi connectivity index (χ1) is 17.3. The Morgan fingerprint density at radius 2 is 1.56 bits per heavy atom. The summed E-state index contributed by atoms with van der Waals surface area (Å²) in [6, 6.07) is 18.4. The van der Waals surface area contributed by atoms with E-state index < -0.39 is 11.1 Å². The van der Waals surface area contributed by atoms with Gasteiger partial charge in [0.25, 0.3) is 0 Å². The summed E-state index contributed by atoms with van der Waals surface area (Å²) >= 11 is 0. The molecule has 2 fully saturated rings. The molecule has 7 nitrogen and oxygen atoms in total. The first-order valence-corrected chi connectivity index (χ1v) is 12.5. The Labute approximate surface area is 209 Å². The molecule has 180 valence electrons. The van der Waals surface area contributed by atoms with Crippen molar-refractivity contribution < 1.29 is 5.11 Å². The van der Waals surface area contributed by atoms with Crippen molar-refractivity contribution in [2.45, 2.75) is 50.7 Å². The van der Waals surface area contributed by atoms with Crippen LogP contribution in [0.4, 0.5) is 0 Å². The van der Waals surface area contributed by atoms with Crippen LogP contribution in [0.1, 0.15) is 42.5 Å². The number of benzene rings is 2. The molecule has 2 aliphatic rings. The van der Waals surface area contributed by atoms with Gasteiger partial charge in [0.1, 0.15) is 5.52 Å². The average molecular weight is 477 g/mol. The molecule has 36 heavy (non-hydrogen) atoms. The molecule has 0 atom stereocenters. The van der Waals surface area contributed by atoms with Crippen LogP contribution in [-0.2, 0) is 5.54 Å². The first kappa shape index (κ1) is 21.6. The number of nitrogens with zero attached hydrogens (tertiary/aromatic N) is 5. The SMILES string of the molecule is Cc1nn2c(ncc3nc(-c4ccccc4)c(-c4ccc(C5(N)CC(O)(C6CC6)C5)cc4)nc32)c1C. The normalized spacial score (nSPS) is 23.8. The smallest absolute Gasteiger partial charge is 0.184 e. The minimum absolute atomic E-state index is 0.427. The lowest BCUT2D eigenvalue weighted by Crippen LogP contribution is -2.60. The fraction of sp³-hybridized carbons (Fsp3) is 0.310. The van der Waals surface area contributed by atoms with Crippen LogP contribution in [0.5, 0.6) is 0 Å². The van der Waals surface area contributed by atoms with Crippen molar-refractivity contribution in [2.24, 2.45) is 11.7 Å². The molecular weight excluding hydrogens is 448 g/mol. The summed E-state index contributed by atoms with van der Waals surface area (Å²) in [4.78, 5) is 14.7. The fourth-order valence-electron chi connectivity index (χ4n) is 5.81. The van der Waals surface area contributed by atoms with Gasteiger partial charge in [-0.05, 0) is 51.0 Å². The molecule has 5 aromatic rings. The number of hydrogen-bond acceptors (Lipinski definition) is 6. The van der Waals surface area contributed by atoms with Crippen LogP contribution >= 0.6 is 0 Å². The molecule has 0 amide bonds. The van der Waals surface area contributed by atoms with E-state index in [4.69, 9.17) is 15.7 Å². The predicted octanol–water partition coefficient (Wildman–Crippen LogP) is 4.71. The zero-order valence-corrected chi connectivity index (χ0v) is 20.4. The molecule has 2 aromatic carbocycles. The van der Waals surface area contributed by atoms with Crippen molar-refractivity contribution in [1.29, 1.82) is 0 Å². The van der Waals surface area contributed by atoms with E-state index in [9.17, 15) is 5.11 Å². The van der Waals surface area contributed by atoms with Gasteiger partial charge in [-0.25, -0.2) is 15.0 Å². The van der Waals surface area contributed by atoms with Crippen molar-refractivity contribution in [3.8, 4) is 22.5 Å².